The number of aromatic nitrogens is 3. The first-order valence-electron chi connectivity index (χ1n) is 3.81. The van der Waals surface area contributed by atoms with Gasteiger partial charge in [-0.3, -0.25) is 4.68 Å². The van der Waals surface area contributed by atoms with Crippen LogP contribution in [0.2, 0.25) is 0 Å². The minimum absolute atomic E-state index is 0.917. The van der Waals surface area contributed by atoms with Crippen LogP contribution in [0.3, 0.4) is 0 Å². The van der Waals surface area contributed by atoms with Crippen molar-refractivity contribution in [1.82, 2.24) is 15.0 Å². The molecule has 0 fully saturated rings. The topological polar surface area (TPSA) is 30.7 Å². The maximum absolute atomic E-state index is 3.89. The molecule has 4 heteroatoms. The maximum atomic E-state index is 3.89. The predicted octanol–water partition coefficient (Wildman–Crippen LogP) is 1.58. The van der Waals surface area contributed by atoms with Crippen LogP contribution in [0.5, 0.6) is 0 Å². The van der Waals surface area contributed by atoms with E-state index in [1.165, 1.54) is 4.88 Å². The van der Waals surface area contributed by atoms with Crippen molar-refractivity contribution in [1.29, 1.82) is 0 Å². The fourth-order valence-electron chi connectivity index (χ4n) is 1.03. The highest BCUT2D eigenvalue weighted by atomic mass is 32.1. The van der Waals surface area contributed by atoms with Crippen LogP contribution >= 0.6 is 11.3 Å². The summed E-state index contributed by atoms with van der Waals surface area (Å²) in [5.41, 5.74) is 0. The average molecular weight is 179 g/mol. The minimum Gasteiger partial charge on any atom is -0.252 e. The van der Waals surface area contributed by atoms with Gasteiger partial charge in [-0.1, -0.05) is 11.3 Å². The molecule has 0 radical (unpaired) electrons. The average Bonchev–Trinajstić information content (AvgIpc) is 2.74. The van der Waals surface area contributed by atoms with Gasteiger partial charge in [-0.05, 0) is 11.4 Å². The Balaban J connectivity index is 1.91. The first kappa shape index (κ1) is 7.49. The van der Waals surface area contributed by atoms with E-state index in [0.717, 1.165) is 13.0 Å². The van der Waals surface area contributed by atoms with Crippen LogP contribution in [0.25, 0.3) is 0 Å². The molecular formula is C8H9N3S. The van der Waals surface area contributed by atoms with Gasteiger partial charge in [-0.2, -0.15) is 0 Å². The highest BCUT2D eigenvalue weighted by Gasteiger charge is 1.94. The lowest BCUT2D eigenvalue weighted by molar-refractivity contribution is 0.592. The van der Waals surface area contributed by atoms with Crippen LogP contribution in [0.1, 0.15) is 4.88 Å². The Morgan fingerprint density at radius 3 is 3.17 bits per heavy atom. The van der Waals surface area contributed by atoms with Gasteiger partial charge in [0.15, 0.2) is 0 Å². The monoisotopic (exact) mass is 179 g/mol. The van der Waals surface area contributed by atoms with Crippen LogP contribution in [0, 0.1) is 0 Å². The molecule has 2 aromatic heterocycles. The lowest BCUT2D eigenvalue weighted by atomic mass is 10.3. The fraction of sp³-hybridized carbons (Fsp3) is 0.250. The summed E-state index contributed by atoms with van der Waals surface area (Å²) in [5.74, 6) is 0. The Hall–Kier alpha value is -1.16. The smallest absolute Gasteiger partial charge is 0.0692 e. The Kier molecular flexibility index (Phi) is 2.18. The molecule has 0 spiro atoms. The molecule has 0 aromatic carbocycles. The van der Waals surface area contributed by atoms with Crippen molar-refractivity contribution in [3.63, 3.8) is 0 Å². The zero-order valence-corrected chi connectivity index (χ0v) is 7.37. The second kappa shape index (κ2) is 3.49. The molecule has 0 bridgehead atoms. The van der Waals surface area contributed by atoms with Crippen molar-refractivity contribution >= 4 is 11.3 Å². The van der Waals surface area contributed by atoms with Crippen molar-refractivity contribution in [2.75, 3.05) is 0 Å². The summed E-state index contributed by atoms with van der Waals surface area (Å²) in [6.07, 6.45) is 4.63. The summed E-state index contributed by atoms with van der Waals surface area (Å²) in [6, 6.07) is 4.21. The third-order valence-electron chi connectivity index (χ3n) is 1.64. The Morgan fingerprint density at radius 1 is 1.50 bits per heavy atom. The lowest BCUT2D eigenvalue weighted by Gasteiger charge is -1.96. The van der Waals surface area contributed by atoms with Crippen molar-refractivity contribution < 1.29 is 0 Å². The molecule has 0 atom stereocenters. The molecule has 3 nitrogen and oxygen atoms in total. The molecule has 0 N–H and O–H groups in total. The number of hydrogen-bond donors (Lipinski definition) is 0. The largest absolute Gasteiger partial charge is 0.252 e. The van der Waals surface area contributed by atoms with Gasteiger partial charge in [-0.25, -0.2) is 0 Å². The summed E-state index contributed by atoms with van der Waals surface area (Å²) in [5, 5.41) is 9.72. The van der Waals surface area contributed by atoms with Gasteiger partial charge in [0.1, 0.15) is 0 Å². The Labute approximate surface area is 74.7 Å². The highest BCUT2D eigenvalue weighted by molar-refractivity contribution is 7.09. The van der Waals surface area contributed by atoms with E-state index in [1.54, 1.807) is 17.5 Å². The molecule has 62 valence electrons. The van der Waals surface area contributed by atoms with Gasteiger partial charge < -0.3 is 0 Å². The zero-order valence-electron chi connectivity index (χ0n) is 6.55. The standard InChI is InChI=1S/C8H9N3S/c1-2-8(12-7-1)3-5-11-6-4-9-10-11/h1-2,4,6-7H,3,5H2. The molecule has 12 heavy (non-hydrogen) atoms. The molecule has 0 aliphatic carbocycles. The van der Waals surface area contributed by atoms with E-state index < -0.39 is 0 Å². The third-order valence-corrected chi connectivity index (χ3v) is 2.58. The van der Waals surface area contributed by atoms with Gasteiger partial charge in [0.25, 0.3) is 0 Å². The van der Waals surface area contributed by atoms with Gasteiger partial charge in [-0.15, -0.1) is 16.4 Å². The third kappa shape index (κ3) is 1.71. The van der Waals surface area contributed by atoms with E-state index in [-0.39, 0.29) is 0 Å². The fourth-order valence-corrected chi connectivity index (χ4v) is 1.73. The summed E-state index contributed by atoms with van der Waals surface area (Å²) in [6.45, 7) is 0.917. The summed E-state index contributed by atoms with van der Waals surface area (Å²) >= 11 is 1.78. The second-order valence-electron chi connectivity index (χ2n) is 2.50. The van der Waals surface area contributed by atoms with Crippen LogP contribution in [-0.4, -0.2) is 15.0 Å². The summed E-state index contributed by atoms with van der Waals surface area (Å²) in [4.78, 5) is 1.39. The molecule has 0 amide bonds. The molecule has 0 saturated carbocycles. The van der Waals surface area contributed by atoms with Crippen LogP contribution in [0.4, 0.5) is 0 Å². The molecule has 0 aliphatic rings. The first-order chi connectivity index (χ1) is 5.95. The van der Waals surface area contributed by atoms with Crippen molar-refractivity contribution in [3.05, 3.63) is 34.8 Å². The lowest BCUT2D eigenvalue weighted by Crippen LogP contribution is -2.00. The number of hydrogen-bond acceptors (Lipinski definition) is 3. The van der Waals surface area contributed by atoms with Crippen molar-refractivity contribution in [2.45, 2.75) is 13.0 Å². The van der Waals surface area contributed by atoms with Gasteiger partial charge >= 0.3 is 0 Å². The van der Waals surface area contributed by atoms with Gasteiger partial charge in [0.2, 0.25) is 0 Å². The molecule has 2 rings (SSSR count). The number of aryl methyl sites for hydroxylation is 2. The van der Waals surface area contributed by atoms with E-state index in [4.69, 9.17) is 0 Å². The Morgan fingerprint density at radius 2 is 2.50 bits per heavy atom. The molecule has 0 aliphatic heterocycles. The van der Waals surface area contributed by atoms with Gasteiger partial charge in [0.05, 0.1) is 6.20 Å². The van der Waals surface area contributed by atoms with Crippen molar-refractivity contribution in [3.8, 4) is 0 Å². The highest BCUT2D eigenvalue weighted by Crippen LogP contribution is 2.09. The Bertz CT molecular complexity index is 278. The van der Waals surface area contributed by atoms with E-state index >= 15 is 0 Å². The number of rotatable bonds is 3. The van der Waals surface area contributed by atoms with Crippen LogP contribution in [-0.2, 0) is 13.0 Å². The second-order valence-corrected chi connectivity index (χ2v) is 3.53. The van der Waals surface area contributed by atoms with Crippen molar-refractivity contribution in [2.24, 2.45) is 0 Å². The first-order valence-corrected chi connectivity index (χ1v) is 4.69. The zero-order chi connectivity index (χ0) is 8.23. The van der Waals surface area contributed by atoms with Crippen LogP contribution < -0.4 is 0 Å². The number of thiophene rings is 1. The van der Waals surface area contributed by atoms with E-state index in [2.05, 4.69) is 27.8 Å². The molecule has 0 unspecified atom stereocenters. The minimum atomic E-state index is 0.917. The summed E-state index contributed by atoms with van der Waals surface area (Å²) in [7, 11) is 0. The van der Waals surface area contributed by atoms with E-state index in [1.807, 2.05) is 10.9 Å². The molecule has 2 heterocycles. The van der Waals surface area contributed by atoms with E-state index in [9.17, 15) is 0 Å². The van der Waals surface area contributed by atoms with E-state index in [0.29, 0.717) is 0 Å². The molecule has 2 aromatic rings. The normalized spacial score (nSPS) is 10.3. The summed E-state index contributed by atoms with van der Waals surface area (Å²) < 4.78 is 1.85. The predicted molar refractivity (Wildman–Crippen MR) is 48.0 cm³/mol. The molecular weight excluding hydrogens is 170 g/mol. The van der Waals surface area contributed by atoms with Crippen LogP contribution in [0.15, 0.2) is 29.9 Å². The maximum Gasteiger partial charge on any atom is 0.0692 e. The quantitative estimate of drug-likeness (QED) is 0.716. The number of nitrogens with zero attached hydrogens (tertiary/aromatic N) is 3. The molecule has 0 saturated heterocycles. The SMILES string of the molecule is c1csc(CCn2ccnn2)c1. The van der Waals surface area contributed by atoms with Gasteiger partial charge in [0, 0.05) is 24.0 Å².